The molecule has 0 aliphatic rings. The maximum atomic E-state index is 12.3. The Hall–Kier alpha value is -3.42. The average molecular weight is 890 g/mol. The number of carboxylic acids is 2. The second kappa shape index (κ2) is 42.9. The zero-order valence-corrected chi connectivity index (χ0v) is 38.0. The van der Waals surface area contributed by atoms with Gasteiger partial charge in [0.1, 0.15) is 19.3 Å². The van der Waals surface area contributed by atoms with Gasteiger partial charge >= 0.3 is 11.9 Å². The number of aliphatic hydroxyl groups excluding tert-OH is 1. The van der Waals surface area contributed by atoms with Crippen LogP contribution in [0.2, 0.25) is 0 Å². The number of carbonyl (C=O) groups excluding carboxylic acids is 4. The highest BCUT2D eigenvalue weighted by Crippen LogP contribution is 2.14. The number of amides is 4. The van der Waals surface area contributed by atoms with Gasteiger partial charge in [0.2, 0.25) is 23.6 Å². The van der Waals surface area contributed by atoms with E-state index >= 15 is 0 Å². The summed E-state index contributed by atoms with van der Waals surface area (Å²) in [6.45, 7) is 4.15. The summed E-state index contributed by atoms with van der Waals surface area (Å²) in [6.07, 6.45) is 18.4. The highest BCUT2D eigenvalue weighted by molar-refractivity contribution is 5.84. The van der Waals surface area contributed by atoms with Crippen molar-refractivity contribution in [2.75, 3.05) is 79.5 Å². The largest absolute Gasteiger partial charge is 0.481 e. The smallest absolute Gasteiger partial charge is 0.326 e. The van der Waals surface area contributed by atoms with Crippen LogP contribution in [0.4, 0.5) is 0 Å². The maximum absolute atomic E-state index is 12.3. The molecule has 0 aromatic heterocycles. The lowest BCUT2D eigenvalue weighted by Gasteiger charge is -2.21. The van der Waals surface area contributed by atoms with Crippen LogP contribution in [0.15, 0.2) is 0 Å². The van der Waals surface area contributed by atoms with Crippen LogP contribution in [0, 0.1) is 0 Å². The van der Waals surface area contributed by atoms with Crippen LogP contribution in [0.25, 0.3) is 0 Å². The lowest BCUT2D eigenvalue weighted by Crippen LogP contribution is -2.41. The first kappa shape index (κ1) is 58.6. The Balaban J connectivity index is 3.66. The fraction of sp³-hybridized carbons (Fsp3) is 0.864. The molecule has 4 amide bonds. The first-order valence-electron chi connectivity index (χ1n) is 23.2. The molecule has 3 atom stereocenters. The van der Waals surface area contributed by atoms with E-state index in [9.17, 15) is 39.0 Å². The number of carboxylic acid groups (broad SMARTS) is 2. The number of unbranched alkanes of at least 4 members (excludes halogenated alkanes) is 14. The number of likely N-dealkylation sites (N-methyl/N-ethyl adjacent to an activating group) is 1. The second-order valence-corrected chi connectivity index (χ2v) is 15.6. The van der Waals surface area contributed by atoms with Crippen LogP contribution in [0.3, 0.4) is 0 Å². The van der Waals surface area contributed by atoms with Crippen molar-refractivity contribution in [2.45, 2.75) is 166 Å². The molecule has 0 heterocycles. The molecule has 0 saturated heterocycles. The zero-order valence-electron chi connectivity index (χ0n) is 38.0. The van der Waals surface area contributed by atoms with Gasteiger partial charge in [-0.05, 0) is 45.6 Å². The van der Waals surface area contributed by atoms with Gasteiger partial charge in [0.25, 0.3) is 0 Å². The van der Waals surface area contributed by atoms with Crippen LogP contribution < -0.4 is 26.6 Å². The van der Waals surface area contributed by atoms with E-state index < -0.39 is 18.0 Å². The van der Waals surface area contributed by atoms with Crippen molar-refractivity contribution in [2.24, 2.45) is 0 Å². The number of aliphatic hydroxyl groups is 1. The van der Waals surface area contributed by atoms with Crippen molar-refractivity contribution in [1.82, 2.24) is 26.6 Å². The molecular formula is C44H83N5O13. The van der Waals surface area contributed by atoms with Gasteiger partial charge in [0, 0.05) is 44.9 Å². The van der Waals surface area contributed by atoms with E-state index in [0.717, 1.165) is 57.8 Å². The van der Waals surface area contributed by atoms with Crippen molar-refractivity contribution < 1.29 is 63.0 Å². The molecule has 0 aromatic carbocycles. The number of carbonyl (C=O) groups is 6. The van der Waals surface area contributed by atoms with Crippen LogP contribution >= 0.6 is 0 Å². The maximum Gasteiger partial charge on any atom is 0.326 e. The van der Waals surface area contributed by atoms with Crippen molar-refractivity contribution in [1.29, 1.82) is 0 Å². The molecule has 0 rings (SSSR count). The first-order chi connectivity index (χ1) is 30.0. The van der Waals surface area contributed by atoms with E-state index in [1.165, 1.54) is 44.9 Å². The van der Waals surface area contributed by atoms with E-state index in [-0.39, 0.29) is 127 Å². The summed E-state index contributed by atoms with van der Waals surface area (Å²) in [5, 5.41) is 41.9. The van der Waals surface area contributed by atoms with Gasteiger partial charge in [-0.25, -0.2) is 4.79 Å². The number of aliphatic carboxylic acids is 2. The molecule has 8 N–H and O–H groups in total. The summed E-state index contributed by atoms with van der Waals surface area (Å²) >= 11 is 0. The normalized spacial score (nSPS) is 12.6. The zero-order chi connectivity index (χ0) is 45.9. The third-order valence-electron chi connectivity index (χ3n) is 10.2. The molecule has 18 nitrogen and oxygen atoms in total. The lowest BCUT2D eigenvalue weighted by atomic mass is 10.0. The fourth-order valence-corrected chi connectivity index (χ4v) is 6.50. The van der Waals surface area contributed by atoms with E-state index in [4.69, 9.17) is 24.1 Å². The van der Waals surface area contributed by atoms with Gasteiger partial charge in [-0.3, -0.25) is 24.0 Å². The highest BCUT2D eigenvalue weighted by atomic mass is 16.5. The summed E-state index contributed by atoms with van der Waals surface area (Å²) < 4.78 is 21.4. The Labute approximate surface area is 370 Å². The van der Waals surface area contributed by atoms with Gasteiger partial charge in [0.15, 0.2) is 0 Å². The molecule has 62 heavy (non-hydrogen) atoms. The number of rotatable bonds is 46. The minimum Gasteiger partial charge on any atom is -0.481 e. The molecule has 0 saturated carbocycles. The Morgan fingerprint density at radius 2 is 0.935 bits per heavy atom. The summed E-state index contributed by atoms with van der Waals surface area (Å²) in [5.74, 6) is -3.08. The summed E-state index contributed by atoms with van der Waals surface area (Å²) in [6, 6.07) is -1.08. The number of nitrogens with one attached hydrogen (secondary N) is 5. The van der Waals surface area contributed by atoms with E-state index in [1.54, 1.807) is 0 Å². The quantitative estimate of drug-likeness (QED) is 0.0407. The Kier molecular flexibility index (Phi) is 40.5. The minimum atomic E-state index is -1.18. The van der Waals surface area contributed by atoms with E-state index in [2.05, 4.69) is 26.6 Å². The fourth-order valence-electron chi connectivity index (χ4n) is 6.50. The number of hydrogen-bond acceptors (Lipinski definition) is 12. The van der Waals surface area contributed by atoms with Gasteiger partial charge in [-0.2, -0.15) is 0 Å². The molecule has 0 fully saturated rings. The number of hydrogen-bond donors (Lipinski definition) is 8. The summed E-state index contributed by atoms with van der Waals surface area (Å²) in [7, 11) is 1.84. The number of ether oxygens (including phenoxy) is 4. The Morgan fingerprint density at radius 1 is 0.484 bits per heavy atom. The highest BCUT2D eigenvalue weighted by Gasteiger charge is 2.21. The third-order valence-corrected chi connectivity index (χ3v) is 10.2. The molecule has 0 aromatic rings. The Bertz CT molecular complexity index is 1170. The standard InChI is InChI=1S/C44H83N5O13/c1-3-38(50)36(45-2)20-18-19-25-46-41(53)34-61-32-31-60-29-27-48-42(54)35-62-33-30-59-28-26-47-39(51)24-23-37(44(57)58)49-40(52)21-16-14-12-10-8-6-4-5-7-9-11-13-15-17-22-43(55)56/h36-38,45,50H,3-35H2,1-2H3,(H,46,53)(H,47,51)(H,48,54)(H,49,52)(H,55,56)(H,57,58). The van der Waals surface area contributed by atoms with Gasteiger partial charge in [-0.15, -0.1) is 0 Å². The first-order valence-corrected chi connectivity index (χ1v) is 23.2. The molecule has 0 aliphatic heterocycles. The topological polar surface area (TPSA) is 260 Å². The average Bonchev–Trinajstić information content (AvgIpc) is 3.24. The van der Waals surface area contributed by atoms with Crippen molar-refractivity contribution in [3.05, 3.63) is 0 Å². The lowest BCUT2D eigenvalue weighted by molar-refractivity contribution is -0.142. The molecule has 18 heteroatoms. The predicted octanol–water partition coefficient (Wildman–Crippen LogP) is 3.61. The molecular weight excluding hydrogens is 807 g/mol. The summed E-state index contributed by atoms with van der Waals surface area (Å²) in [4.78, 5) is 70.5. The molecule has 0 spiro atoms. The van der Waals surface area contributed by atoms with Gasteiger partial charge in [0.05, 0.1) is 45.7 Å². The molecule has 3 unspecified atom stereocenters. The van der Waals surface area contributed by atoms with Crippen LogP contribution in [-0.4, -0.2) is 149 Å². The van der Waals surface area contributed by atoms with Crippen molar-refractivity contribution >= 4 is 35.6 Å². The molecule has 0 aliphatic carbocycles. The van der Waals surface area contributed by atoms with Crippen LogP contribution in [0.5, 0.6) is 0 Å². The van der Waals surface area contributed by atoms with Gasteiger partial charge in [-0.1, -0.05) is 90.4 Å². The third kappa shape index (κ3) is 39.4. The van der Waals surface area contributed by atoms with E-state index in [1.807, 2.05) is 14.0 Å². The molecule has 0 bridgehead atoms. The SMILES string of the molecule is CCC(O)C(CCCCNC(=O)COCCOCCNC(=O)COCCOCCNC(=O)CCC(NC(=O)CCCCCCCCCCCCCCCCC(=O)O)C(=O)O)NC. The minimum absolute atomic E-state index is 0.0241. The predicted molar refractivity (Wildman–Crippen MR) is 236 cm³/mol. The van der Waals surface area contributed by atoms with Gasteiger partial charge < -0.3 is 60.9 Å². The van der Waals surface area contributed by atoms with Crippen molar-refractivity contribution in [3.63, 3.8) is 0 Å². The van der Waals surface area contributed by atoms with Crippen LogP contribution in [-0.2, 0) is 47.7 Å². The molecule has 362 valence electrons. The van der Waals surface area contributed by atoms with Crippen LogP contribution in [0.1, 0.15) is 148 Å². The second-order valence-electron chi connectivity index (χ2n) is 15.6. The monoisotopic (exact) mass is 890 g/mol. The van der Waals surface area contributed by atoms with Crippen molar-refractivity contribution in [3.8, 4) is 0 Å². The Morgan fingerprint density at radius 3 is 1.40 bits per heavy atom. The van der Waals surface area contributed by atoms with E-state index in [0.29, 0.717) is 19.4 Å². The summed E-state index contributed by atoms with van der Waals surface area (Å²) in [5.41, 5.74) is 0. The molecule has 0 radical (unpaired) electrons.